The number of hydrogen-bond donors (Lipinski definition) is 1. The number of fused-ring (bicyclic) bond motifs is 4. The maximum absolute atomic E-state index is 13.2. The molecule has 3 heterocycles. The molecule has 2 aromatic carbocycles. The average Bonchev–Trinajstić information content (AvgIpc) is 2.85. The van der Waals surface area contributed by atoms with Gasteiger partial charge < -0.3 is 14.8 Å². The molecule has 0 aliphatic carbocycles. The summed E-state index contributed by atoms with van der Waals surface area (Å²) in [4.78, 5) is 40.4. The highest BCUT2D eigenvalue weighted by Crippen LogP contribution is 2.36. The quantitative estimate of drug-likeness (QED) is 0.539. The summed E-state index contributed by atoms with van der Waals surface area (Å²) in [6.07, 6.45) is -3.70. The van der Waals surface area contributed by atoms with E-state index in [1.54, 1.807) is 15.5 Å². The Kier molecular flexibility index (Phi) is 5.89. The van der Waals surface area contributed by atoms with E-state index in [0.717, 1.165) is 36.4 Å². The van der Waals surface area contributed by atoms with Gasteiger partial charge in [0.2, 0.25) is 0 Å². The third kappa shape index (κ3) is 4.50. The van der Waals surface area contributed by atoms with Crippen molar-refractivity contribution < 1.29 is 27.2 Å². The standard InChI is InChI=1S/C26H21F4N3O3/c27-20-7-3-17(4-8-20)24(35)32-12-15-11-18(14-32)22-10-9-21(25(36)33(22)13-15)31-23(34)16-1-5-19(6-2-16)26(28,29)30/h1-10,15,18H,11-14H2,(H,31,34)/t15-,18+/m0/s1. The molecule has 1 saturated heterocycles. The lowest BCUT2D eigenvalue weighted by Gasteiger charge is -2.43. The van der Waals surface area contributed by atoms with Crippen LogP contribution < -0.4 is 10.9 Å². The smallest absolute Gasteiger partial charge is 0.338 e. The van der Waals surface area contributed by atoms with Crippen LogP contribution in [-0.4, -0.2) is 34.4 Å². The molecule has 0 radical (unpaired) electrons. The number of hydrogen-bond acceptors (Lipinski definition) is 3. The first-order valence-electron chi connectivity index (χ1n) is 11.4. The van der Waals surface area contributed by atoms with Crippen LogP contribution in [0.15, 0.2) is 65.5 Å². The number of alkyl halides is 3. The van der Waals surface area contributed by atoms with Gasteiger partial charge in [-0.25, -0.2) is 4.39 Å². The highest BCUT2D eigenvalue weighted by molar-refractivity contribution is 6.04. The summed E-state index contributed by atoms with van der Waals surface area (Å²) in [5.74, 6) is -1.35. The number of piperidine rings is 1. The first-order chi connectivity index (χ1) is 17.1. The number of halogens is 4. The molecule has 1 N–H and O–H groups in total. The van der Waals surface area contributed by atoms with Crippen molar-refractivity contribution in [2.24, 2.45) is 5.92 Å². The SMILES string of the molecule is O=C(Nc1ccc2n(c1=O)C[C@H]1C[C@@H]2CN(C(=O)c2ccc(F)cc2)C1)c1ccc(C(F)(F)F)cc1. The summed E-state index contributed by atoms with van der Waals surface area (Å²) < 4.78 is 53.1. The number of aromatic nitrogens is 1. The van der Waals surface area contributed by atoms with Crippen molar-refractivity contribution in [3.8, 4) is 0 Å². The number of likely N-dealkylation sites (tertiary alicyclic amines) is 1. The second-order valence-electron chi connectivity index (χ2n) is 9.13. The highest BCUT2D eigenvalue weighted by atomic mass is 19.4. The van der Waals surface area contributed by atoms with Gasteiger partial charge >= 0.3 is 6.18 Å². The molecule has 1 fully saturated rings. The van der Waals surface area contributed by atoms with Crippen molar-refractivity contribution in [3.05, 3.63) is 99.2 Å². The number of carbonyl (C=O) groups is 2. The molecule has 0 saturated carbocycles. The van der Waals surface area contributed by atoms with E-state index < -0.39 is 29.0 Å². The molecule has 2 atom stereocenters. The van der Waals surface area contributed by atoms with E-state index in [-0.39, 0.29) is 29.0 Å². The number of nitrogens with one attached hydrogen (secondary N) is 1. The van der Waals surface area contributed by atoms with Gasteiger partial charge in [0.15, 0.2) is 0 Å². The minimum atomic E-state index is -4.51. The van der Waals surface area contributed by atoms with Gasteiger partial charge in [-0.2, -0.15) is 13.2 Å². The summed E-state index contributed by atoms with van der Waals surface area (Å²) in [5, 5.41) is 2.50. The Labute approximate surface area is 203 Å². The fourth-order valence-corrected chi connectivity index (χ4v) is 4.99. The number of nitrogens with zero attached hydrogens (tertiary/aromatic N) is 2. The minimum absolute atomic E-state index is 0.00284. The van der Waals surface area contributed by atoms with E-state index in [1.807, 2.05) is 0 Å². The maximum atomic E-state index is 13.2. The largest absolute Gasteiger partial charge is 0.416 e. The molecular weight excluding hydrogens is 478 g/mol. The molecule has 6 nitrogen and oxygen atoms in total. The van der Waals surface area contributed by atoms with Crippen molar-refractivity contribution in [1.82, 2.24) is 9.47 Å². The average molecular weight is 499 g/mol. The van der Waals surface area contributed by atoms with Gasteiger partial charge in [0.1, 0.15) is 11.5 Å². The van der Waals surface area contributed by atoms with Gasteiger partial charge in [-0.05, 0) is 73.0 Å². The van der Waals surface area contributed by atoms with Crippen LogP contribution in [0, 0.1) is 11.7 Å². The van der Waals surface area contributed by atoms with E-state index in [9.17, 15) is 31.9 Å². The molecule has 186 valence electrons. The Morgan fingerprint density at radius 1 is 0.861 bits per heavy atom. The lowest BCUT2D eigenvalue weighted by molar-refractivity contribution is -0.137. The molecule has 2 bridgehead atoms. The van der Waals surface area contributed by atoms with Crippen molar-refractivity contribution >= 4 is 17.5 Å². The van der Waals surface area contributed by atoms with Crippen molar-refractivity contribution in [3.63, 3.8) is 0 Å². The van der Waals surface area contributed by atoms with Gasteiger partial charge in [-0.3, -0.25) is 14.4 Å². The van der Waals surface area contributed by atoms with Crippen LogP contribution in [-0.2, 0) is 12.7 Å². The summed E-state index contributed by atoms with van der Waals surface area (Å²) in [7, 11) is 0. The predicted octanol–water partition coefficient (Wildman–Crippen LogP) is 4.52. The first kappa shape index (κ1) is 23.8. The van der Waals surface area contributed by atoms with Crippen LogP contribution in [0.25, 0.3) is 0 Å². The zero-order chi connectivity index (χ0) is 25.6. The molecule has 3 aromatic rings. The van der Waals surface area contributed by atoms with Crippen molar-refractivity contribution in [2.45, 2.75) is 25.1 Å². The molecule has 5 rings (SSSR count). The highest BCUT2D eigenvalue weighted by Gasteiger charge is 2.37. The maximum Gasteiger partial charge on any atom is 0.416 e. The van der Waals surface area contributed by atoms with Crippen LogP contribution in [0.1, 0.15) is 44.3 Å². The number of pyridine rings is 1. The first-order valence-corrected chi connectivity index (χ1v) is 11.4. The molecule has 2 aliphatic rings. The van der Waals surface area contributed by atoms with E-state index >= 15 is 0 Å². The number of rotatable bonds is 3. The van der Waals surface area contributed by atoms with Crippen LogP contribution in [0.4, 0.5) is 23.2 Å². The van der Waals surface area contributed by atoms with E-state index in [1.165, 1.54) is 30.3 Å². The number of amides is 2. The van der Waals surface area contributed by atoms with E-state index in [0.29, 0.717) is 25.2 Å². The van der Waals surface area contributed by atoms with Gasteiger partial charge in [-0.15, -0.1) is 0 Å². The fraction of sp³-hybridized carbons (Fsp3) is 0.269. The summed E-state index contributed by atoms with van der Waals surface area (Å²) in [5.41, 5.74) is -0.0950. The Morgan fingerprint density at radius 3 is 2.19 bits per heavy atom. The molecule has 36 heavy (non-hydrogen) atoms. The summed E-state index contributed by atoms with van der Waals surface area (Å²) in [6, 6.07) is 12.4. The molecular formula is C26H21F4N3O3. The Hall–Kier alpha value is -3.95. The van der Waals surface area contributed by atoms with Gasteiger partial charge in [-0.1, -0.05) is 0 Å². The van der Waals surface area contributed by atoms with Crippen LogP contribution in [0.5, 0.6) is 0 Å². The molecule has 0 spiro atoms. The summed E-state index contributed by atoms with van der Waals surface area (Å²) >= 11 is 0. The van der Waals surface area contributed by atoms with Crippen LogP contribution >= 0.6 is 0 Å². The number of benzene rings is 2. The molecule has 1 aromatic heterocycles. The molecule has 0 unspecified atom stereocenters. The second kappa shape index (κ2) is 8.92. The van der Waals surface area contributed by atoms with E-state index in [4.69, 9.17) is 0 Å². The zero-order valence-electron chi connectivity index (χ0n) is 18.9. The van der Waals surface area contributed by atoms with Crippen molar-refractivity contribution in [1.29, 1.82) is 0 Å². The Morgan fingerprint density at radius 2 is 1.53 bits per heavy atom. The number of anilines is 1. The topological polar surface area (TPSA) is 71.4 Å². The monoisotopic (exact) mass is 499 g/mol. The lowest BCUT2D eigenvalue weighted by atomic mass is 9.83. The van der Waals surface area contributed by atoms with Gasteiger partial charge in [0.25, 0.3) is 17.4 Å². The molecule has 10 heteroatoms. The van der Waals surface area contributed by atoms with Crippen LogP contribution in [0.3, 0.4) is 0 Å². The number of carbonyl (C=O) groups excluding carboxylic acids is 2. The zero-order valence-corrected chi connectivity index (χ0v) is 18.9. The summed E-state index contributed by atoms with van der Waals surface area (Å²) in [6.45, 7) is 1.21. The van der Waals surface area contributed by atoms with E-state index in [2.05, 4.69) is 5.32 Å². The van der Waals surface area contributed by atoms with Crippen LogP contribution in [0.2, 0.25) is 0 Å². The minimum Gasteiger partial charge on any atom is -0.338 e. The van der Waals surface area contributed by atoms with Crippen molar-refractivity contribution in [2.75, 3.05) is 18.4 Å². The third-order valence-electron chi connectivity index (χ3n) is 6.71. The second-order valence-corrected chi connectivity index (χ2v) is 9.13. The fourth-order valence-electron chi connectivity index (χ4n) is 4.99. The third-order valence-corrected chi connectivity index (χ3v) is 6.71. The molecule has 2 aliphatic heterocycles. The normalized spacial score (nSPS) is 18.9. The molecule has 2 amide bonds. The van der Waals surface area contributed by atoms with Gasteiger partial charge in [0, 0.05) is 42.4 Å². The lowest BCUT2D eigenvalue weighted by Crippen LogP contribution is -2.49. The van der Waals surface area contributed by atoms with Gasteiger partial charge in [0.05, 0.1) is 5.56 Å². The predicted molar refractivity (Wildman–Crippen MR) is 123 cm³/mol. The Bertz CT molecular complexity index is 1380. The Balaban J connectivity index is 1.34.